The molecule has 5 aromatic carbocycles. The molecule has 0 saturated carbocycles. The molecule has 0 fully saturated rings. The van der Waals surface area contributed by atoms with Crippen LogP contribution in [0, 0.1) is 11.3 Å². The molecule has 0 aliphatic heterocycles. The van der Waals surface area contributed by atoms with Crippen LogP contribution in [0.1, 0.15) is 75.5 Å². The number of hydrogen-bond acceptors (Lipinski definition) is 1. The highest BCUT2D eigenvalue weighted by molar-refractivity contribution is 6.26. The molecule has 2 heteroatoms. The van der Waals surface area contributed by atoms with Crippen LogP contribution >= 0.6 is 0 Å². The van der Waals surface area contributed by atoms with Crippen molar-refractivity contribution in [2.24, 2.45) is 0 Å². The second-order valence-corrected chi connectivity index (χ2v) is 13.0. The van der Waals surface area contributed by atoms with Gasteiger partial charge in [-0.2, -0.15) is 5.26 Å². The van der Waals surface area contributed by atoms with Crippen molar-refractivity contribution < 1.29 is 0 Å². The van der Waals surface area contributed by atoms with E-state index in [0.29, 0.717) is 11.8 Å². The van der Waals surface area contributed by atoms with E-state index in [0.717, 1.165) is 12.0 Å². The fourth-order valence-electron chi connectivity index (χ4n) is 7.27. The molecule has 0 bridgehead atoms. The predicted molar refractivity (Wildman–Crippen MR) is 179 cm³/mol. The molecule has 2 heterocycles. The Morgan fingerprint density at radius 3 is 1.71 bits per heavy atom. The van der Waals surface area contributed by atoms with Crippen molar-refractivity contribution in [2.45, 2.75) is 58.8 Å². The Bertz CT molecular complexity index is 2220. The number of benzene rings is 5. The normalized spacial score (nSPS) is 16.1. The molecule has 42 heavy (non-hydrogen) atoms. The van der Waals surface area contributed by atoms with E-state index in [1.807, 2.05) is 6.08 Å². The largest absolute Gasteiger partial charge is 0.308 e. The smallest absolute Gasteiger partial charge is 0.0947 e. The lowest BCUT2D eigenvalue weighted by Gasteiger charge is -2.21. The van der Waals surface area contributed by atoms with Crippen LogP contribution in [0.5, 0.6) is 0 Å². The molecule has 204 valence electrons. The molecule has 8 rings (SSSR count). The molecule has 1 unspecified atom stereocenters. The van der Waals surface area contributed by atoms with E-state index < -0.39 is 0 Å². The van der Waals surface area contributed by atoms with Crippen molar-refractivity contribution in [3.63, 3.8) is 0 Å². The summed E-state index contributed by atoms with van der Waals surface area (Å²) in [4.78, 5) is 0. The fraction of sp³-hybridized carbons (Fsp3) is 0.225. The lowest BCUT2D eigenvalue weighted by Crippen LogP contribution is -2.05. The van der Waals surface area contributed by atoms with Gasteiger partial charge in [-0.3, -0.25) is 0 Å². The van der Waals surface area contributed by atoms with Gasteiger partial charge in [-0.15, -0.1) is 0 Å². The number of hydrogen-bond donors (Lipinski definition) is 0. The zero-order chi connectivity index (χ0) is 28.9. The summed E-state index contributed by atoms with van der Waals surface area (Å²) in [6, 6.07) is 30.7. The average Bonchev–Trinajstić information content (AvgIpc) is 3.48. The Morgan fingerprint density at radius 1 is 0.667 bits per heavy atom. The maximum Gasteiger partial charge on any atom is 0.0947 e. The number of allylic oxidation sites excluding steroid dienone is 4. The van der Waals surface area contributed by atoms with Crippen molar-refractivity contribution in [1.29, 1.82) is 5.26 Å². The molecule has 0 radical (unpaired) electrons. The average molecular weight is 543 g/mol. The van der Waals surface area contributed by atoms with Crippen molar-refractivity contribution in [3.8, 4) is 6.07 Å². The standard InChI is InChI=1S/C40H34N2/c1-22(2)26-8-10-28-19-38-34(15-30(28)13-26)36-17-32(33-12-25(21-41)7-6-24(33)5)18-37-35-16-31-14-27(23(3)4)9-11-29(31)20-39(35)42(38)40(36)37/h6-11,13-20,22-23,33H,12H2,1-5H3. The number of aromatic nitrogens is 1. The first-order valence-electron chi connectivity index (χ1n) is 15.2. The minimum absolute atomic E-state index is 0.203. The highest BCUT2D eigenvalue weighted by atomic mass is 14.9. The van der Waals surface area contributed by atoms with Crippen LogP contribution in [0.4, 0.5) is 0 Å². The third kappa shape index (κ3) is 3.56. The molecule has 0 amide bonds. The van der Waals surface area contributed by atoms with Gasteiger partial charge in [0.05, 0.1) is 22.6 Å². The highest BCUT2D eigenvalue weighted by Gasteiger charge is 2.24. The molecular weight excluding hydrogens is 508 g/mol. The van der Waals surface area contributed by atoms with Gasteiger partial charge in [0.1, 0.15) is 0 Å². The topological polar surface area (TPSA) is 28.2 Å². The van der Waals surface area contributed by atoms with Crippen molar-refractivity contribution in [3.05, 3.63) is 113 Å². The van der Waals surface area contributed by atoms with Crippen LogP contribution in [0.3, 0.4) is 0 Å². The minimum Gasteiger partial charge on any atom is -0.308 e. The van der Waals surface area contributed by atoms with E-state index in [2.05, 4.69) is 124 Å². The number of nitrogens with zero attached hydrogens (tertiary/aromatic N) is 2. The van der Waals surface area contributed by atoms with Crippen LogP contribution in [-0.2, 0) is 0 Å². The summed E-state index contributed by atoms with van der Waals surface area (Å²) in [5.41, 5.74) is 10.0. The third-order valence-corrected chi connectivity index (χ3v) is 9.78. The molecule has 1 atom stereocenters. The summed E-state index contributed by atoms with van der Waals surface area (Å²) in [6.45, 7) is 11.3. The Labute approximate surface area is 246 Å². The summed E-state index contributed by atoms with van der Waals surface area (Å²) >= 11 is 0. The molecule has 7 aromatic rings. The lowest BCUT2D eigenvalue weighted by atomic mass is 9.82. The van der Waals surface area contributed by atoms with E-state index in [-0.39, 0.29) is 5.92 Å². The second-order valence-electron chi connectivity index (χ2n) is 13.0. The molecule has 1 aliphatic rings. The van der Waals surface area contributed by atoms with Crippen LogP contribution in [0.25, 0.3) is 59.6 Å². The van der Waals surface area contributed by atoms with Crippen LogP contribution in [-0.4, -0.2) is 4.40 Å². The highest BCUT2D eigenvalue weighted by Crippen LogP contribution is 2.45. The van der Waals surface area contributed by atoms with E-state index >= 15 is 0 Å². The SMILES string of the molecule is CC1=CC=C(C#N)CC1c1cc2c3cc4cc(C(C)C)ccc4cc3n3c4cc5ccc(C(C)C)cc5cc4c(c1)c23. The monoisotopic (exact) mass is 542 g/mol. The quantitative estimate of drug-likeness (QED) is 0.218. The van der Waals surface area contributed by atoms with Crippen molar-refractivity contribution >= 4 is 59.6 Å². The van der Waals surface area contributed by atoms with Gasteiger partial charge < -0.3 is 4.40 Å². The molecule has 0 N–H and O–H groups in total. The number of nitriles is 1. The number of rotatable bonds is 3. The van der Waals surface area contributed by atoms with Crippen LogP contribution in [0.2, 0.25) is 0 Å². The summed E-state index contributed by atoms with van der Waals surface area (Å²) in [5, 5.41) is 20.1. The van der Waals surface area contributed by atoms with Gasteiger partial charge in [-0.1, -0.05) is 75.7 Å². The Morgan fingerprint density at radius 2 is 1.21 bits per heavy atom. The van der Waals surface area contributed by atoms with Gasteiger partial charge in [0, 0.05) is 33.0 Å². The van der Waals surface area contributed by atoms with Crippen LogP contribution in [0.15, 0.2) is 96.1 Å². The zero-order valence-corrected chi connectivity index (χ0v) is 24.9. The first-order valence-corrected chi connectivity index (χ1v) is 15.2. The predicted octanol–water partition coefficient (Wildman–Crippen LogP) is 11.3. The molecule has 1 aliphatic carbocycles. The number of fused-ring (bicyclic) bond motifs is 8. The summed E-state index contributed by atoms with van der Waals surface area (Å²) in [7, 11) is 0. The van der Waals surface area contributed by atoms with Gasteiger partial charge in [0.25, 0.3) is 0 Å². The molecule has 2 nitrogen and oxygen atoms in total. The molecular formula is C40H34N2. The fourth-order valence-corrected chi connectivity index (χ4v) is 7.27. The molecule has 0 spiro atoms. The first-order chi connectivity index (χ1) is 20.3. The van der Waals surface area contributed by atoms with Gasteiger partial charge in [0.2, 0.25) is 0 Å². The van der Waals surface area contributed by atoms with Gasteiger partial charge >= 0.3 is 0 Å². The zero-order valence-electron chi connectivity index (χ0n) is 24.9. The van der Waals surface area contributed by atoms with E-state index in [1.165, 1.54) is 81.9 Å². The second kappa shape index (κ2) is 8.94. The Kier molecular flexibility index (Phi) is 5.35. The van der Waals surface area contributed by atoms with Gasteiger partial charge in [0.15, 0.2) is 0 Å². The summed E-state index contributed by atoms with van der Waals surface area (Å²) in [6.07, 6.45) is 4.88. The van der Waals surface area contributed by atoms with E-state index in [4.69, 9.17) is 0 Å². The van der Waals surface area contributed by atoms with Crippen LogP contribution < -0.4 is 0 Å². The minimum atomic E-state index is 0.203. The third-order valence-electron chi connectivity index (χ3n) is 9.78. The maximum absolute atomic E-state index is 9.73. The van der Waals surface area contributed by atoms with E-state index in [1.54, 1.807) is 0 Å². The van der Waals surface area contributed by atoms with E-state index in [9.17, 15) is 5.26 Å². The van der Waals surface area contributed by atoms with Gasteiger partial charge in [-0.25, -0.2) is 0 Å². The Hall–Kier alpha value is -4.61. The molecule has 2 aromatic heterocycles. The van der Waals surface area contributed by atoms with Gasteiger partial charge in [-0.05, 0) is 106 Å². The first kappa shape index (κ1) is 25.1. The maximum atomic E-state index is 9.73. The molecule has 0 saturated heterocycles. The van der Waals surface area contributed by atoms with Crippen molar-refractivity contribution in [1.82, 2.24) is 4.40 Å². The Balaban J connectivity index is 1.51. The summed E-state index contributed by atoms with van der Waals surface area (Å²) in [5.74, 6) is 1.18. The van der Waals surface area contributed by atoms with Crippen molar-refractivity contribution in [2.75, 3.05) is 0 Å². The summed E-state index contributed by atoms with van der Waals surface area (Å²) < 4.78 is 2.51. The lowest BCUT2D eigenvalue weighted by molar-refractivity contribution is 0.781.